The van der Waals surface area contributed by atoms with Crippen LogP contribution in [0.1, 0.15) is 17.8 Å². The number of rotatable bonds is 5. The van der Waals surface area contributed by atoms with Gasteiger partial charge in [-0.15, -0.1) is 0 Å². The average Bonchev–Trinajstić information content (AvgIpc) is 3.26. The van der Waals surface area contributed by atoms with Crippen LogP contribution in [0.25, 0.3) is 11.0 Å². The number of H-pyrrole nitrogens is 1. The molecule has 0 saturated carbocycles. The third kappa shape index (κ3) is 4.00. The minimum absolute atomic E-state index is 0.143. The number of aromatic nitrogens is 2. The van der Waals surface area contributed by atoms with Gasteiger partial charge in [0.05, 0.1) is 39.8 Å². The van der Waals surface area contributed by atoms with E-state index in [0.717, 1.165) is 16.6 Å². The molecule has 146 valence electrons. The zero-order chi connectivity index (χ0) is 19.7. The molecule has 28 heavy (non-hydrogen) atoms. The number of benzene rings is 2. The van der Waals surface area contributed by atoms with Crippen LogP contribution in [0.15, 0.2) is 42.5 Å². The Labute approximate surface area is 172 Å². The highest BCUT2D eigenvalue weighted by atomic mass is 35.5. The van der Waals surface area contributed by atoms with Crippen LogP contribution < -0.4 is 5.32 Å². The molecule has 1 aliphatic heterocycles. The second kappa shape index (κ2) is 8.09. The van der Waals surface area contributed by atoms with Crippen molar-refractivity contribution >= 4 is 40.1 Å². The summed E-state index contributed by atoms with van der Waals surface area (Å²) in [5.41, 5.74) is 2.62. The SMILES string of the molecule is O=C(NCc1nc2ccccc2[nH]1)[C@@H]1C[C@@H](O)CN1Cc1cccc(Cl)c1Cl. The average molecular weight is 419 g/mol. The van der Waals surface area contributed by atoms with Crippen molar-refractivity contribution in [2.24, 2.45) is 0 Å². The molecule has 4 rings (SSSR count). The van der Waals surface area contributed by atoms with Crippen molar-refractivity contribution < 1.29 is 9.90 Å². The molecule has 0 bridgehead atoms. The molecule has 1 amide bonds. The van der Waals surface area contributed by atoms with Gasteiger partial charge in [0, 0.05) is 13.1 Å². The van der Waals surface area contributed by atoms with E-state index in [2.05, 4.69) is 15.3 Å². The number of para-hydroxylation sites is 2. The zero-order valence-corrected chi connectivity index (χ0v) is 16.5. The summed E-state index contributed by atoms with van der Waals surface area (Å²) in [6.45, 7) is 1.15. The van der Waals surface area contributed by atoms with Crippen molar-refractivity contribution in [2.45, 2.75) is 31.7 Å². The second-order valence-electron chi connectivity index (χ2n) is 6.97. The minimum atomic E-state index is -0.556. The monoisotopic (exact) mass is 418 g/mol. The van der Waals surface area contributed by atoms with Crippen LogP contribution in [0.3, 0.4) is 0 Å². The summed E-state index contributed by atoms with van der Waals surface area (Å²) in [7, 11) is 0. The second-order valence-corrected chi connectivity index (χ2v) is 7.75. The summed E-state index contributed by atoms with van der Waals surface area (Å²) in [6, 6.07) is 12.7. The Hall–Kier alpha value is -2.12. The number of imidazole rings is 1. The molecule has 0 aliphatic carbocycles. The van der Waals surface area contributed by atoms with Gasteiger partial charge in [-0.3, -0.25) is 9.69 Å². The first-order valence-corrected chi connectivity index (χ1v) is 9.83. The Kier molecular flexibility index (Phi) is 5.55. The van der Waals surface area contributed by atoms with E-state index in [1.165, 1.54) is 0 Å². The van der Waals surface area contributed by atoms with E-state index in [4.69, 9.17) is 23.2 Å². The molecule has 2 aromatic carbocycles. The highest BCUT2D eigenvalue weighted by Crippen LogP contribution is 2.29. The largest absolute Gasteiger partial charge is 0.392 e. The smallest absolute Gasteiger partial charge is 0.237 e. The van der Waals surface area contributed by atoms with E-state index in [9.17, 15) is 9.90 Å². The fraction of sp³-hybridized carbons (Fsp3) is 0.300. The number of nitrogens with zero attached hydrogens (tertiary/aromatic N) is 2. The van der Waals surface area contributed by atoms with Crippen LogP contribution in [-0.2, 0) is 17.9 Å². The Morgan fingerprint density at radius 3 is 2.89 bits per heavy atom. The molecular formula is C20H20Cl2N4O2. The lowest BCUT2D eigenvalue weighted by Crippen LogP contribution is -2.42. The van der Waals surface area contributed by atoms with Gasteiger partial charge in [0.1, 0.15) is 5.82 Å². The maximum absolute atomic E-state index is 12.8. The quantitative estimate of drug-likeness (QED) is 0.594. The van der Waals surface area contributed by atoms with Crippen molar-refractivity contribution in [3.63, 3.8) is 0 Å². The van der Waals surface area contributed by atoms with Gasteiger partial charge >= 0.3 is 0 Å². The van der Waals surface area contributed by atoms with Crippen LogP contribution in [0.5, 0.6) is 0 Å². The van der Waals surface area contributed by atoms with Crippen LogP contribution in [0.2, 0.25) is 10.0 Å². The number of halogens is 2. The molecule has 3 N–H and O–H groups in total. The Morgan fingerprint density at radius 1 is 1.25 bits per heavy atom. The first-order valence-electron chi connectivity index (χ1n) is 9.07. The molecule has 3 aromatic rings. The number of aromatic amines is 1. The van der Waals surface area contributed by atoms with E-state index in [1.807, 2.05) is 41.3 Å². The summed E-state index contributed by atoms with van der Waals surface area (Å²) in [5, 5.41) is 14.0. The molecule has 2 atom stereocenters. The summed E-state index contributed by atoms with van der Waals surface area (Å²) >= 11 is 12.4. The molecule has 1 saturated heterocycles. The highest BCUT2D eigenvalue weighted by molar-refractivity contribution is 6.42. The molecule has 1 aromatic heterocycles. The predicted octanol–water partition coefficient (Wildman–Crippen LogP) is 3.12. The molecule has 1 fully saturated rings. The number of carbonyl (C=O) groups is 1. The molecule has 0 spiro atoms. The third-order valence-corrected chi connectivity index (χ3v) is 5.82. The van der Waals surface area contributed by atoms with Gasteiger partial charge < -0.3 is 15.4 Å². The first kappa shape index (κ1) is 19.2. The highest BCUT2D eigenvalue weighted by Gasteiger charge is 2.36. The number of carbonyl (C=O) groups excluding carboxylic acids is 1. The number of nitrogens with one attached hydrogen (secondary N) is 2. The molecular weight excluding hydrogens is 399 g/mol. The summed E-state index contributed by atoms with van der Waals surface area (Å²) in [4.78, 5) is 22.4. The molecule has 1 aliphatic rings. The lowest BCUT2D eigenvalue weighted by molar-refractivity contribution is -0.125. The Balaban J connectivity index is 1.43. The predicted molar refractivity (Wildman–Crippen MR) is 109 cm³/mol. The Morgan fingerprint density at radius 2 is 2.07 bits per heavy atom. The number of β-amino-alcohol motifs (C(OH)–C–C–N with tert-alkyl or cyclic N) is 1. The van der Waals surface area contributed by atoms with E-state index >= 15 is 0 Å². The van der Waals surface area contributed by atoms with Crippen molar-refractivity contribution in [3.8, 4) is 0 Å². The normalized spacial score (nSPS) is 20.0. The van der Waals surface area contributed by atoms with Gasteiger partial charge in [-0.1, -0.05) is 47.5 Å². The molecule has 0 radical (unpaired) electrons. The number of aliphatic hydroxyl groups excluding tert-OH is 1. The van der Waals surface area contributed by atoms with Crippen molar-refractivity contribution in [3.05, 3.63) is 63.9 Å². The zero-order valence-electron chi connectivity index (χ0n) is 15.0. The van der Waals surface area contributed by atoms with Gasteiger partial charge in [0.25, 0.3) is 0 Å². The lowest BCUT2D eigenvalue weighted by Gasteiger charge is -2.23. The van der Waals surface area contributed by atoms with E-state index in [1.54, 1.807) is 6.07 Å². The summed E-state index contributed by atoms with van der Waals surface area (Å²) in [6.07, 6.45) is -0.177. The third-order valence-electron chi connectivity index (χ3n) is 4.96. The first-order chi connectivity index (χ1) is 13.5. The Bertz CT molecular complexity index is 974. The van der Waals surface area contributed by atoms with E-state index in [0.29, 0.717) is 41.9 Å². The van der Waals surface area contributed by atoms with Gasteiger partial charge in [-0.05, 0) is 30.2 Å². The van der Waals surface area contributed by atoms with Crippen LogP contribution in [-0.4, -0.2) is 44.6 Å². The number of fused-ring (bicyclic) bond motifs is 1. The summed E-state index contributed by atoms with van der Waals surface area (Å²) < 4.78 is 0. The van der Waals surface area contributed by atoms with Crippen LogP contribution in [0.4, 0.5) is 0 Å². The number of hydrogen-bond donors (Lipinski definition) is 3. The van der Waals surface area contributed by atoms with E-state index in [-0.39, 0.29) is 5.91 Å². The topological polar surface area (TPSA) is 81.2 Å². The van der Waals surface area contributed by atoms with Gasteiger partial charge in [0.2, 0.25) is 5.91 Å². The summed E-state index contributed by atoms with van der Waals surface area (Å²) in [5.74, 6) is 0.549. The fourth-order valence-electron chi connectivity index (χ4n) is 3.59. The number of likely N-dealkylation sites (tertiary alicyclic amines) is 1. The molecule has 0 unspecified atom stereocenters. The minimum Gasteiger partial charge on any atom is -0.392 e. The van der Waals surface area contributed by atoms with Crippen molar-refractivity contribution in [2.75, 3.05) is 6.54 Å². The maximum Gasteiger partial charge on any atom is 0.237 e. The fourth-order valence-corrected chi connectivity index (χ4v) is 3.97. The maximum atomic E-state index is 12.8. The lowest BCUT2D eigenvalue weighted by atomic mass is 10.1. The molecule has 8 heteroatoms. The molecule has 2 heterocycles. The number of aliphatic hydroxyl groups is 1. The van der Waals surface area contributed by atoms with Crippen molar-refractivity contribution in [1.82, 2.24) is 20.2 Å². The van der Waals surface area contributed by atoms with Crippen LogP contribution >= 0.6 is 23.2 Å². The van der Waals surface area contributed by atoms with Crippen molar-refractivity contribution in [1.29, 1.82) is 0 Å². The van der Waals surface area contributed by atoms with Crippen LogP contribution in [0, 0.1) is 0 Å². The standard InChI is InChI=1S/C20H20Cl2N4O2/c21-14-5-3-4-12(19(14)22)10-26-11-13(27)8-17(26)20(28)23-9-18-24-15-6-1-2-7-16(15)25-18/h1-7,13,17,27H,8-11H2,(H,23,28)(H,24,25)/t13-,17+/m1/s1. The number of amides is 1. The molecule has 6 nitrogen and oxygen atoms in total. The number of hydrogen-bond acceptors (Lipinski definition) is 4. The van der Waals surface area contributed by atoms with Gasteiger partial charge in [-0.2, -0.15) is 0 Å². The van der Waals surface area contributed by atoms with Gasteiger partial charge in [-0.25, -0.2) is 4.98 Å². The van der Waals surface area contributed by atoms with Gasteiger partial charge in [0.15, 0.2) is 0 Å². The van der Waals surface area contributed by atoms with E-state index < -0.39 is 12.1 Å².